The fourth-order valence-electron chi connectivity index (χ4n) is 10.6. The molecule has 0 aromatic carbocycles. The average Bonchev–Trinajstić information content (AvgIpc) is 3.35. The SMILES string of the molecule is CC[C@H]1OC(=O)[C@H](C)[C@@H](O[C@H]2C[C@@](C)(OC)C(O)[C@H](C)O2)[C@H](C)[C@@H](O[C@@H]2O[C@H](C)C[C@H](N(C)C)[C@H]2O)[C@](C)(O)C[C@@H](C)C(=O)[C@H](C)[C@@H](O)[C@]1(C)O.O=C(O)[C@H](O)[C@@H](O)[C@H](O[C@H]1O[C@H](CO)[C@@H](O)[C@H](O)[C@H]1O)[C@H](O)CO. The van der Waals surface area contributed by atoms with Crippen molar-refractivity contribution >= 4 is 17.7 Å². The lowest BCUT2D eigenvalue weighted by molar-refractivity contribution is -0.326. The summed E-state index contributed by atoms with van der Waals surface area (Å²) in [4.78, 5) is 40.5. The topological polar surface area (TPSA) is 412 Å². The molecule has 4 aliphatic heterocycles. The number of rotatable bonds is 15. The molecule has 4 heterocycles. The molecule has 0 aromatic heterocycles. The number of hydrogen-bond acceptors (Lipinski definition) is 25. The van der Waals surface area contributed by atoms with Crippen molar-refractivity contribution in [2.45, 2.75) is 234 Å². The number of aliphatic hydroxyl groups is 13. The van der Waals surface area contributed by atoms with Crippen molar-refractivity contribution in [1.29, 1.82) is 0 Å². The highest BCUT2D eigenvalue weighted by Crippen LogP contribution is 2.41. The maximum atomic E-state index is 14.1. The summed E-state index contributed by atoms with van der Waals surface area (Å²) < 4.78 is 47.0. The van der Waals surface area contributed by atoms with Crippen molar-refractivity contribution in [2.75, 3.05) is 34.4 Å². The number of hydrogen-bond donors (Lipinski definition) is 14. The number of nitrogens with zero attached hydrogens (tertiary/aromatic N) is 1. The molecule has 0 amide bonds. The van der Waals surface area contributed by atoms with Gasteiger partial charge in [-0.1, -0.05) is 27.7 Å². The molecule has 26 nitrogen and oxygen atoms in total. The van der Waals surface area contributed by atoms with Gasteiger partial charge in [0.05, 0.1) is 60.9 Å². The van der Waals surface area contributed by atoms with Crippen LogP contribution in [0.15, 0.2) is 0 Å². The Morgan fingerprint density at radius 1 is 0.800 bits per heavy atom. The summed E-state index contributed by atoms with van der Waals surface area (Å²) in [6, 6.07) is -0.324. The number of cyclic esters (lactones) is 1. The van der Waals surface area contributed by atoms with E-state index in [1.807, 2.05) is 25.9 Å². The van der Waals surface area contributed by atoms with Gasteiger partial charge in [-0.25, -0.2) is 4.79 Å². The van der Waals surface area contributed by atoms with Gasteiger partial charge in [0.2, 0.25) is 0 Å². The Morgan fingerprint density at radius 3 is 1.92 bits per heavy atom. The maximum Gasteiger partial charge on any atom is 0.335 e. The Kier molecular flexibility index (Phi) is 24.8. The standard InChI is InChI=1S/C37H67NO13.C12H22O12/c1-14-25-37(10,45)30(41)20(4)27(39)18(2)16-35(8,44)32(51-34-28(40)24(38(11)12)15-19(3)47-34)21(5)29(22(6)33(43)49-25)50-26-17-36(9,46-13)31(42)23(7)48-26;13-1-3(15)10(7(18)8(19)11(21)22)24-12-9(20)6(17)5(16)4(2-14)23-12/h18-26,28-32,34,40-42,44-45H,14-17H2,1-13H3;3-10,12-20H,1-2H2,(H,21,22)/t18-,19-,20+,21+,22-,23+,24+,25-,26+,28-,29+,30-,31?,32-,34+,35-,36-,37-;3-,4-,5-,6+,7-,8-,9-,10-,12-/m11/s1. The number of esters is 1. The van der Waals surface area contributed by atoms with Gasteiger partial charge in [0.1, 0.15) is 72.4 Å². The van der Waals surface area contributed by atoms with Crippen LogP contribution in [0.3, 0.4) is 0 Å². The van der Waals surface area contributed by atoms with E-state index in [0.717, 1.165) is 0 Å². The number of ketones is 1. The second-order valence-corrected chi connectivity index (χ2v) is 21.8. The van der Waals surface area contributed by atoms with Crippen LogP contribution in [0.2, 0.25) is 0 Å². The molecule has 0 bridgehead atoms. The van der Waals surface area contributed by atoms with Gasteiger partial charge < -0.3 is 114 Å². The number of methoxy groups -OCH3 is 1. The number of aliphatic hydroxyl groups excluding tert-OH is 11. The van der Waals surface area contributed by atoms with Crippen LogP contribution in [0.1, 0.15) is 94.9 Å². The van der Waals surface area contributed by atoms with E-state index in [1.165, 1.54) is 27.9 Å². The van der Waals surface area contributed by atoms with Crippen molar-refractivity contribution in [3.05, 3.63) is 0 Å². The average molecular weight is 1090 g/mol. The zero-order valence-corrected chi connectivity index (χ0v) is 45.3. The van der Waals surface area contributed by atoms with Crippen LogP contribution in [0.4, 0.5) is 0 Å². The normalized spacial score (nSPS) is 45.3. The van der Waals surface area contributed by atoms with E-state index in [0.29, 0.717) is 6.42 Å². The minimum Gasteiger partial charge on any atom is -0.479 e. The van der Waals surface area contributed by atoms with Gasteiger partial charge in [-0.05, 0) is 74.9 Å². The van der Waals surface area contributed by atoms with Crippen molar-refractivity contribution < 1.29 is 124 Å². The lowest BCUT2D eigenvalue weighted by Gasteiger charge is -2.49. The first-order valence-electron chi connectivity index (χ1n) is 25.5. The van der Waals surface area contributed by atoms with Crippen LogP contribution < -0.4 is 0 Å². The Balaban J connectivity index is 0.000000516. The van der Waals surface area contributed by atoms with Gasteiger partial charge in [0.25, 0.3) is 0 Å². The lowest BCUT2D eigenvalue weighted by Crippen LogP contribution is -2.61. The summed E-state index contributed by atoms with van der Waals surface area (Å²) in [5.74, 6) is -6.81. The van der Waals surface area contributed by atoms with Crippen LogP contribution in [-0.2, 0) is 52.3 Å². The molecule has 0 spiro atoms. The number of carboxylic acid groups (broad SMARTS) is 1. The number of Topliss-reactive ketones (excluding diaryl/α,β-unsaturated/α-hetero) is 1. The zero-order chi connectivity index (χ0) is 57.6. The van der Waals surface area contributed by atoms with Gasteiger partial charge in [0, 0.05) is 37.3 Å². The van der Waals surface area contributed by atoms with E-state index in [-0.39, 0.29) is 31.4 Å². The molecule has 1 unspecified atom stereocenters. The smallest absolute Gasteiger partial charge is 0.335 e. The summed E-state index contributed by atoms with van der Waals surface area (Å²) >= 11 is 0. The first-order chi connectivity index (χ1) is 34.6. The van der Waals surface area contributed by atoms with E-state index in [9.17, 15) is 70.6 Å². The molecule has 0 saturated carbocycles. The van der Waals surface area contributed by atoms with Gasteiger partial charge >= 0.3 is 11.9 Å². The van der Waals surface area contributed by atoms with Crippen molar-refractivity contribution in [3.8, 4) is 0 Å². The van der Waals surface area contributed by atoms with Crippen molar-refractivity contribution in [3.63, 3.8) is 0 Å². The molecule has 14 N–H and O–H groups in total. The van der Waals surface area contributed by atoms with E-state index >= 15 is 0 Å². The third-order valence-electron chi connectivity index (χ3n) is 15.4. The predicted molar refractivity (Wildman–Crippen MR) is 258 cm³/mol. The molecule has 4 fully saturated rings. The predicted octanol–water partition coefficient (Wildman–Crippen LogP) is -3.88. The quantitative estimate of drug-likeness (QED) is 0.0698. The van der Waals surface area contributed by atoms with Crippen LogP contribution in [0.5, 0.6) is 0 Å². The minimum atomic E-state index is -2.39. The number of ether oxygens (including phenoxy) is 8. The lowest BCUT2D eigenvalue weighted by atomic mass is 9.74. The molecular weight excluding hydrogens is 1000 g/mol. The Morgan fingerprint density at radius 2 is 1.40 bits per heavy atom. The second kappa shape index (κ2) is 27.8. The summed E-state index contributed by atoms with van der Waals surface area (Å²) in [7, 11) is 5.18. The third kappa shape index (κ3) is 15.8. The minimum absolute atomic E-state index is 0.0936. The molecular formula is C49H89NO25. The Hall–Kier alpha value is -2.23. The third-order valence-corrected chi connectivity index (χ3v) is 15.4. The van der Waals surface area contributed by atoms with Crippen LogP contribution in [-0.4, -0.2) is 268 Å². The van der Waals surface area contributed by atoms with Gasteiger partial charge in [0.15, 0.2) is 25.0 Å². The summed E-state index contributed by atoms with van der Waals surface area (Å²) in [6.07, 6.45) is -26.6. The molecule has 4 aliphatic rings. The number of likely N-dealkylation sites (N-methyl/N-ethyl adjacent to an activating group) is 1. The maximum absolute atomic E-state index is 14.1. The van der Waals surface area contributed by atoms with Gasteiger partial charge in [-0.15, -0.1) is 0 Å². The first-order valence-corrected chi connectivity index (χ1v) is 25.5. The summed E-state index contributed by atoms with van der Waals surface area (Å²) in [5.41, 5.74) is -4.84. The van der Waals surface area contributed by atoms with Crippen molar-refractivity contribution in [1.82, 2.24) is 4.90 Å². The number of aliphatic carboxylic acids is 1. The highest BCUT2D eigenvalue weighted by molar-refractivity contribution is 5.83. The van der Waals surface area contributed by atoms with Gasteiger partial charge in [-0.2, -0.15) is 0 Å². The monoisotopic (exact) mass is 1090 g/mol. The number of carbonyl (C=O) groups excluding carboxylic acids is 2. The molecule has 0 radical (unpaired) electrons. The Bertz CT molecular complexity index is 1790. The zero-order valence-electron chi connectivity index (χ0n) is 45.3. The fourth-order valence-corrected chi connectivity index (χ4v) is 10.6. The van der Waals surface area contributed by atoms with E-state index in [2.05, 4.69) is 0 Å². The molecule has 0 aliphatic carbocycles. The fraction of sp³-hybridized carbons (Fsp3) is 0.939. The molecule has 440 valence electrons. The highest BCUT2D eigenvalue weighted by Gasteiger charge is 2.54. The summed E-state index contributed by atoms with van der Waals surface area (Å²) in [6.45, 7) is 14.6. The summed E-state index contributed by atoms with van der Waals surface area (Å²) in [5, 5.41) is 142. The first kappa shape index (κ1) is 67.0. The molecule has 4 saturated heterocycles. The molecule has 4 rings (SSSR count). The number of carboxylic acids is 1. The molecule has 27 atom stereocenters. The largest absolute Gasteiger partial charge is 0.479 e. The second-order valence-electron chi connectivity index (χ2n) is 21.8. The van der Waals surface area contributed by atoms with Crippen LogP contribution in [0, 0.1) is 23.7 Å². The number of carbonyl (C=O) groups is 3. The Labute approximate surface area is 438 Å². The molecule has 75 heavy (non-hydrogen) atoms. The van der Waals surface area contributed by atoms with Crippen LogP contribution >= 0.6 is 0 Å². The molecule has 0 aromatic rings. The van der Waals surface area contributed by atoms with E-state index < -0.39 is 182 Å². The van der Waals surface area contributed by atoms with Crippen LogP contribution in [0.25, 0.3) is 0 Å². The molecule has 26 heteroatoms. The van der Waals surface area contributed by atoms with E-state index in [1.54, 1.807) is 41.5 Å². The van der Waals surface area contributed by atoms with Crippen molar-refractivity contribution in [2.24, 2.45) is 23.7 Å². The van der Waals surface area contributed by atoms with E-state index in [4.69, 9.17) is 53.2 Å². The van der Waals surface area contributed by atoms with Gasteiger partial charge in [-0.3, -0.25) is 9.59 Å². The highest BCUT2D eigenvalue weighted by atomic mass is 16.7.